The number of carbonyl (C=O) groups is 1. The van der Waals surface area contributed by atoms with Crippen LogP contribution in [0.25, 0.3) is 11.4 Å². The van der Waals surface area contributed by atoms with Gasteiger partial charge in [-0.25, -0.2) is 0 Å². The number of benzene rings is 1. The van der Waals surface area contributed by atoms with Crippen LogP contribution >= 0.6 is 15.9 Å². The van der Waals surface area contributed by atoms with Gasteiger partial charge in [0.15, 0.2) is 0 Å². The average Bonchev–Trinajstić information content (AvgIpc) is 3.17. The number of piperazine rings is 1. The Kier molecular flexibility index (Phi) is 6.08. The monoisotopic (exact) mass is 447 g/mol. The van der Waals surface area contributed by atoms with E-state index in [4.69, 9.17) is 4.52 Å². The standard InChI is InChI=1S/C20H26BrN5O2/c1-24-8-10-26(11-9-24)20(27)16-5-3-7-25(13-16)14-18-22-19(23-28-18)15-4-2-6-17(21)12-15/h2,4,6,12,16H,3,5,7-11,13-14H2,1H3. The molecule has 2 saturated heterocycles. The minimum atomic E-state index is 0.0737. The van der Waals surface area contributed by atoms with E-state index in [0.29, 0.717) is 24.2 Å². The molecule has 0 bridgehead atoms. The first-order valence-electron chi connectivity index (χ1n) is 9.87. The Morgan fingerprint density at radius 1 is 1.25 bits per heavy atom. The van der Waals surface area contributed by atoms with Gasteiger partial charge in [-0.05, 0) is 38.6 Å². The number of piperidine rings is 1. The topological polar surface area (TPSA) is 65.7 Å². The van der Waals surface area contributed by atoms with Gasteiger partial charge < -0.3 is 14.3 Å². The molecule has 0 saturated carbocycles. The summed E-state index contributed by atoms with van der Waals surface area (Å²) in [6.45, 7) is 5.91. The van der Waals surface area contributed by atoms with Gasteiger partial charge in [0.25, 0.3) is 0 Å². The quantitative estimate of drug-likeness (QED) is 0.716. The molecule has 3 heterocycles. The van der Waals surface area contributed by atoms with Gasteiger partial charge in [-0.2, -0.15) is 4.98 Å². The van der Waals surface area contributed by atoms with Crippen molar-refractivity contribution in [3.05, 3.63) is 34.6 Å². The van der Waals surface area contributed by atoms with Crippen LogP contribution < -0.4 is 0 Å². The van der Waals surface area contributed by atoms with Gasteiger partial charge in [-0.1, -0.05) is 33.2 Å². The fraction of sp³-hybridized carbons (Fsp3) is 0.550. The van der Waals surface area contributed by atoms with Crippen LogP contribution in [0, 0.1) is 5.92 Å². The van der Waals surface area contributed by atoms with E-state index < -0.39 is 0 Å². The predicted molar refractivity (Wildman–Crippen MR) is 110 cm³/mol. The molecule has 2 aromatic rings. The Balaban J connectivity index is 1.36. The highest BCUT2D eigenvalue weighted by atomic mass is 79.9. The molecule has 0 N–H and O–H groups in total. The van der Waals surface area contributed by atoms with Gasteiger partial charge in [-0.15, -0.1) is 0 Å². The third kappa shape index (κ3) is 4.61. The van der Waals surface area contributed by atoms with E-state index in [1.807, 2.05) is 29.2 Å². The molecule has 2 aliphatic rings. The molecule has 1 aromatic carbocycles. The van der Waals surface area contributed by atoms with E-state index in [2.05, 4.69) is 42.9 Å². The number of hydrogen-bond donors (Lipinski definition) is 0. The molecule has 2 fully saturated rings. The smallest absolute Gasteiger partial charge is 0.241 e. The average molecular weight is 448 g/mol. The zero-order valence-corrected chi connectivity index (χ0v) is 17.8. The summed E-state index contributed by atoms with van der Waals surface area (Å²) >= 11 is 3.47. The van der Waals surface area contributed by atoms with Gasteiger partial charge >= 0.3 is 0 Å². The number of nitrogens with zero attached hydrogens (tertiary/aromatic N) is 5. The summed E-state index contributed by atoms with van der Waals surface area (Å²) in [5, 5.41) is 4.11. The molecule has 1 amide bonds. The Labute approximate surface area is 173 Å². The lowest BCUT2D eigenvalue weighted by Crippen LogP contribution is -2.51. The number of carbonyl (C=O) groups excluding carboxylic acids is 1. The Morgan fingerprint density at radius 3 is 2.86 bits per heavy atom. The highest BCUT2D eigenvalue weighted by Crippen LogP contribution is 2.23. The zero-order chi connectivity index (χ0) is 19.5. The van der Waals surface area contributed by atoms with Crippen molar-refractivity contribution in [3.8, 4) is 11.4 Å². The van der Waals surface area contributed by atoms with Crippen molar-refractivity contribution in [3.63, 3.8) is 0 Å². The molecule has 7 nitrogen and oxygen atoms in total. The molecule has 150 valence electrons. The summed E-state index contributed by atoms with van der Waals surface area (Å²) in [7, 11) is 2.11. The largest absolute Gasteiger partial charge is 0.340 e. The van der Waals surface area contributed by atoms with E-state index in [-0.39, 0.29) is 5.92 Å². The van der Waals surface area contributed by atoms with Crippen molar-refractivity contribution in [1.29, 1.82) is 0 Å². The van der Waals surface area contributed by atoms with Gasteiger partial charge in [-0.3, -0.25) is 9.69 Å². The van der Waals surface area contributed by atoms with Gasteiger partial charge in [0, 0.05) is 42.8 Å². The van der Waals surface area contributed by atoms with E-state index in [1.54, 1.807) is 0 Å². The second-order valence-electron chi connectivity index (χ2n) is 7.72. The van der Waals surface area contributed by atoms with E-state index >= 15 is 0 Å². The van der Waals surface area contributed by atoms with Crippen LogP contribution in [0.2, 0.25) is 0 Å². The van der Waals surface area contributed by atoms with Gasteiger partial charge in [0.1, 0.15) is 0 Å². The van der Waals surface area contributed by atoms with Gasteiger partial charge in [0.05, 0.1) is 12.5 Å². The maximum absolute atomic E-state index is 12.9. The fourth-order valence-electron chi connectivity index (χ4n) is 3.94. The van der Waals surface area contributed by atoms with Crippen LogP contribution in [-0.2, 0) is 11.3 Å². The fourth-order valence-corrected chi connectivity index (χ4v) is 4.34. The first-order chi connectivity index (χ1) is 13.6. The van der Waals surface area contributed by atoms with Crippen LogP contribution in [0.3, 0.4) is 0 Å². The predicted octanol–water partition coefficient (Wildman–Crippen LogP) is 2.49. The Bertz CT molecular complexity index is 818. The van der Waals surface area contributed by atoms with Crippen LogP contribution in [0.5, 0.6) is 0 Å². The molecule has 0 radical (unpaired) electrons. The molecule has 2 aliphatic heterocycles. The highest BCUT2D eigenvalue weighted by Gasteiger charge is 2.31. The molecular weight excluding hydrogens is 422 g/mol. The lowest BCUT2D eigenvalue weighted by molar-refractivity contribution is -0.139. The molecule has 8 heteroatoms. The molecule has 1 atom stereocenters. The summed E-state index contributed by atoms with van der Waals surface area (Å²) in [6, 6.07) is 7.86. The minimum absolute atomic E-state index is 0.0737. The maximum atomic E-state index is 12.9. The van der Waals surface area contributed by atoms with Crippen molar-refractivity contribution in [2.24, 2.45) is 5.92 Å². The van der Waals surface area contributed by atoms with Crippen LogP contribution in [0.4, 0.5) is 0 Å². The van der Waals surface area contributed by atoms with Crippen molar-refractivity contribution in [1.82, 2.24) is 24.8 Å². The molecule has 1 unspecified atom stereocenters. The number of likely N-dealkylation sites (tertiary alicyclic amines) is 1. The van der Waals surface area contributed by atoms with Crippen molar-refractivity contribution < 1.29 is 9.32 Å². The lowest BCUT2D eigenvalue weighted by atomic mass is 9.96. The number of amides is 1. The zero-order valence-electron chi connectivity index (χ0n) is 16.2. The first-order valence-corrected chi connectivity index (χ1v) is 10.7. The van der Waals surface area contributed by atoms with E-state index in [1.165, 1.54) is 0 Å². The van der Waals surface area contributed by atoms with Crippen LogP contribution in [0.15, 0.2) is 33.3 Å². The third-order valence-corrected chi connectivity index (χ3v) is 6.07. The highest BCUT2D eigenvalue weighted by molar-refractivity contribution is 9.10. The number of aromatic nitrogens is 2. The molecular formula is C20H26BrN5O2. The molecule has 1 aromatic heterocycles. The molecule has 28 heavy (non-hydrogen) atoms. The van der Waals surface area contributed by atoms with E-state index in [9.17, 15) is 4.79 Å². The van der Waals surface area contributed by atoms with Crippen molar-refractivity contribution in [2.45, 2.75) is 19.4 Å². The number of rotatable bonds is 4. The number of halogens is 1. The third-order valence-electron chi connectivity index (χ3n) is 5.58. The minimum Gasteiger partial charge on any atom is -0.340 e. The second-order valence-corrected chi connectivity index (χ2v) is 8.64. The molecule has 4 rings (SSSR count). The van der Waals surface area contributed by atoms with Crippen molar-refractivity contribution >= 4 is 21.8 Å². The number of hydrogen-bond acceptors (Lipinski definition) is 6. The number of likely N-dealkylation sites (N-methyl/N-ethyl adjacent to an activating group) is 1. The molecule has 0 spiro atoms. The maximum Gasteiger partial charge on any atom is 0.241 e. The summed E-state index contributed by atoms with van der Waals surface area (Å²) in [5.74, 6) is 1.57. The first kappa shape index (κ1) is 19.5. The second kappa shape index (κ2) is 8.71. The summed E-state index contributed by atoms with van der Waals surface area (Å²) in [5.41, 5.74) is 0.922. The Morgan fingerprint density at radius 2 is 2.07 bits per heavy atom. The summed E-state index contributed by atoms with van der Waals surface area (Å²) in [6.07, 6.45) is 1.99. The SMILES string of the molecule is CN1CCN(C(=O)C2CCCN(Cc3nc(-c4cccc(Br)c4)no3)C2)CC1. The molecule has 0 aliphatic carbocycles. The summed E-state index contributed by atoms with van der Waals surface area (Å²) in [4.78, 5) is 24.0. The van der Waals surface area contributed by atoms with Crippen LogP contribution in [0.1, 0.15) is 18.7 Å². The normalized spacial score (nSPS) is 21.8. The van der Waals surface area contributed by atoms with Gasteiger partial charge in [0.2, 0.25) is 17.6 Å². The Hall–Kier alpha value is -1.77. The lowest BCUT2D eigenvalue weighted by Gasteiger charge is -2.37. The van der Waals surface area contributed by atoms with Crippen molar-refractivity contribution in [2.75, 3.05) is 46.3 Å². The van der Waals surface area contributed by atoms with Crippen LogP contribution in [-0.4, -0.2) is 77.1 Å². The van der Waals surface area contributed by atoms with E-state index in [0.717, 1.165) is 62.1 Å². The summed E-state index contributed by atoms with van der Waals surface area (Å²) < 4.78 is 6.45.